The van der Waals surface area contributed by atoms with E-state index in [4.69, 9.17) is 0 Å². The van der Waals surface area contributed by atoms with Gasteiger partial charge in [0.1, 0.15) is 0 Å². The third kappa shape index (κ3) is 3.51. The molecule has 1 aliphatic rings. The largest absolute Gasteiger partial charge is 0.478 e. The van der Waals surface area contributed by atoms with E-state index in [0.29, 0.717) is 22.8 Å². The Labute approximate surface area is 119 Å². The monoisotopic (exact) mass is 299 g/mol. The zero-order valence-electron chi connectivity index (χ0n) is 10.7. The highest BCUT2D eigenvalue weighted by Crippen LogP contribution is 2.28. The first kappa shape index (κ1) is 14.4. The second-order valence-electron chi connectivity index (χ2n) is 4.45. The lowest BCUT2D eigenvalue weighted by Crippen LogP contribution is -2.30. The van der Waals surface area contributed by atoms with E-state index >= 15 is 0 Å². The van der Waals surface area contributed by atoms with Crippen molar-refractivity contribution < 1.29 is 14.1 Å². The number of aromatic carboxylic acids is 1. The molecule has 104 valence electrons. The van der Waals surface area contributed by atoms with Gasteiger partial charge in [-0.3, -0.25) is 4.21 Å². The van der Waals surface area contributed by atoms with E-state index in [1.54, 1.807) is 6.07 Å². The molecule has 0 amide bonds. The van der Waals surface area contributed by atoms with Crippen LogP contribution in [0.15, 0.2) is 23.1 Å². The first-order valence-electron chi connectivity index (χ1n) is 6.13. The zero-order valence-corrected chi connectivity index (χ0v) is 12.4. The molecule has 0 aliphatic carbocycles. The highest BCUT2D eigenvalue weighted by atomic mass is 32.2. The number of rotatable bonds is 4. The lowest BCUT2D eigenvalue weighted by molar-refractivity contribution is 0.0694. The number of anilines is 1. The van der Waals surface area contributed by atoms with Crippen molar-refractivity contribution in [1.82, 2.24) is 0 Å². The Morgan fingerprint density at radius 1 is 1.42 bits per heavy atom. The van der Waals surface area contributed by atoms with Crippen LogP contribution in [0.25, 0.3) is 0 Å². The molecule has 0 saturated carbocycles. The molecule has 1 aromatic rings. The van der Waals surface area contributed by atoms with Gasteiger partial charge in [0, 0.05) is 33.2 Å². The summed E-state index contributed by atoms with van der Waals surface area (Å²) < 4.78 is 11.3. The summed E-state index contributed by atoms with van der Waals surface area (Å²) in [5.41, 5.74) is 0.999. The van der Waals surface area contributed by atoms with Gasteiger partial charge < -0.3 is 10.4 Å². The molecule has 0 aromatic heterocycles. The van der Waals surface area contributed by atoms with Gasteiger partial charge in [0.15, 0.2) is 0 Å². The van der Waals surface area contributed by atoms with Crippen LogP contribution < -0.4 is 5.32 Å². The second kappa shape index (κ2) is 6.43. The number of thioether (sulfide) groups is 1. The van der Waals surface area contributed by atoms with Crippen molar-refractivity contribution >= 4 is 34.2 Å². The van der Waals surface area contributed by atoms with Crippen LogP contribution in [0.3, 0.4) is 0 Å². The molecule has 6 heteroatoms. The van der Waals surface area contributed by atoms with Crippen molar-refractivity contribution in [2.45, 2.75) is 23.8 Å². The van der Waals surface area contributed by atoms with Gasteiger partial charge in [-0.15, -0.1) is 11.8 Å². The first-order valence-corrected chi connectivity index (χ1v) is 8.85. The van der Waals surface area contributed by atoms with E-state index in [0.717, 1.165) is 17.7 Å². The van der Waals surface area contributed by atoms with Crippen LogP contribution in [-0.4, -0.2) is 39.1 Å². The van der Waals surface area contributed by atoms with Crippen LogP contribution in [0.4, 0.5) is 5.69 Å². The third-order valence-corrected chi connectivity index (χ3v) is 5.37. The molecule has 0 radical (unpaired) electrons. The summed E-state index contributed by atoms with van der Waals surface area (Å²) in [4.78, 5) is 12.2. The highest BCUT2D eigenvalue weighted by molar-refractivity contribution is 7.98. The molecule has 1 heterocycles. The minimum absolute atomic E-state index is 0.216. The first-order chi connectivity index (χ1) is 9.11. The number of hydrogen-bond donors (Lipinski definition) is 2. The predicted octanol–water partition coefficient (Wildman–Crippen LogP) is 2.43. The summed E-state index contributed by atoms with van der Waals surface area (Å²) >= 11 is 1.43. The third-order valence-electron chi connectivity index (χ3n) is 3.21. The van der Waals surface area contributed by atoms with Crippen molar-refractivity contribution in [3.8, 4) is 0 Å². The number of carboxylic acid groups (broad SMARTS) is 1. The molecule has 0 bridgehead atoms. The molecule has 1 aromatic carbocycles. The Kier molecular flexibility index (Phi) is 4.87. The molecule has 0 unspecified atom stereocenters. The zero-order chi connectivity index (χ0) is 13.8. The fraction of sp³-hybridized carbons (Fsp3) is 0.462. The van der Waals surface area contributed by atoms with Crippen LogP contribution in [-0.2, 0) is 10.8 Å². The van der Waals surface area contributed by atoms with Gasteiger partial charge >= 0.3 is 5.97 Å². The van der Waals surface area contributed by atoms with E-state index in [1.807, 2.05) is 18.4 Å². The van der Waals surface area contributed by atoms with Crippen molar-refractivity contribution in [3.63, 3.8) is 0 Å². The molecule has 1 saturated heterocycles. The summed E-state index contributed by atoms with van der Waals surface area (Å²) in [5.74, 6) is 0.483. The SMILES string of the molecule is CSc1cccc(NC2CCS(=O)CC2)c1C(=O)O. The smallest absolute Gasteiger partial charge is 0.338 e. The van der Waals surface area contributed by atoms with E-state index in [2.05, 4.69) is 5.32 Å². The van der Waals surface area contributed by atoms with Crippen LogP contribution >= 0.6 is 11.8 Å². The molecular weight excluding hydrogens is 282 g/mol. The molecule has 2 rings (SSSR count). The molecule has 0 spiro atoms. The van der Waals surface area contributed by atoms with E-state index in [1.165, 1.54) is 11.8 Å². The molecular formula is C13H17NO3S2. The van der Waals surface area contributed by atoms with Crippen molar-refractivity contribution in [2.75, 3.05) is 23.1 Å². The average molecular weight is 299 g/mol. The number of hydrogen-bond acceptors (Lipinski definition) is 4. The van der Waals surface area contributed by atoms with Crippen LogP contribution in [0.2, 0.25) is 0 Å². The minimum atomic E-state index is -0.910. The van der Waals surface area contributed by atoms with E-state index < -0.39 is 16.8 Å². The minimum Gasteiger partial charge on any atom is -0.478 e. The number of nitrogens with one attached hydrogen (secondary N) is 1. The van der Waals surface area contributed by atoms with Gasteiger partial charge in [0.2, 0.25) is 0 Å². The Balaban J connectivity index is 2.20. The molecule has 2 N–H and O–H groups in total. The Bertz CT molecular complexity index is 495. The van der Waals surface area contributed by atoms with Gasteiger partial charge in [-0.1, -0.05) is 6.07 Å². The second-order valence-corrected chi connectivity index (χ2v) is 7.00. The molecule has 0 atom stereocenters. The Hall–Kier alpha value is -1.01. The van der Waals surface area contributed by atoms with Gasteiger partial charge in [0.25, 0.3) is 0 Å². The van der Waals surface area contributed by atoms with Crippen molar-refractivity contribution in [2.24, 2.45) is 0 Å². The fourth-order valence-electron chi connectivity index (χ4n) is 2.20. The van der Waals surface area contributed by atoms with Crippen LogP contribution in [0.5, 0.6) is 0 Å². The van der Waals surface area contributed by atoms with Crippen LogP contribution in [0.1, 0.15) is 23.2 Å². The summed E-state index contributed by atoms with van der Waals surface area (Å²) in [5, 5.41) is 12.6. The normalized spacial score (nSPS) is 23.0. The maximum atomic E-state index is 11.4. The molecule has 19 heavy (non-hydrogen) atoms. The standard InChI is InChI=1S/C13H17NO3S2/c1-18-11-4-2-3-10(12(11)13(15)16)14-9-5-7-19(17)8-6-9/h2-4,9,14H,5-8H2,1H3,(H,15,16). The van der Waals surface area contributed by atoms with Gasteiger partial charge in [0.05, 0.1) is 11.3 Å². The van der Waals surface area contributed by atoms with Gasteiger partial charge in [-0.2, -0.15) is 0 Å². The summed E-state index contributed by atoms with van der Waals surface area (Å²) in [7, 11) is -0.699. The lowest BCUT2D eigenvalue weighted by Gasteiger charge is -2.24. The quantitative estimate of drug-likeness (QED) is 0.836. The van der Waals surface area contributed by atoms with Crippen molar-refractivity contribution in [1.29, 1.82) is 0 Å². The number of benzene rings is 1. The van der Waals surface area contributed by atoms with E-state index in [9.17, 15) is 14.1 Å². The maximum Gasteiger partial charge on any atom is 0.338 e. The average Bonchev–Trinajstić information content (AvgIpc) is 2.40. The summed E-state index contributed by atoms with van der Waals surface area (Å²) in [6, 6.07) is 5.69. The Morgan fingerprint density at radius 2 is 2.11 bits per heavy atom. The number of carboxylic acids is 1. The van der Waals surface area contributed by atoms with E-state index in [-0.39, 0.29) is 6.04 Å². The topological polar surface area (TPSA) is 66.4 Å². The molecule has 1 fully saturated rings. The van der Waals surface area contributed by atoms with Gasteiger partial charge in [-0.05, 0) is 31.2 Å². The van der Waals surface area contributed by atoms with Gasteiger partial charge in [-0.25, -0.2) is 4.79 Å². The molecule has 4 nitrogen and oxygen atoms in total. The summed E-state index contributed by atoms with van der Waals surface area (Å²) in [6.07, 6.45) is 3.53. The van der Waals surface area contributed by atoms with Crippen LogP contribution in [0, 0.1) is 0 Å². The fourth-order valence-corrected chi connectivity index (χ4v) is 4.12. The summed E-state index contributed by atoms with van der Waals surface area (Å²) in [6.45, 7) is 0. The Morgan fingerprint density at radius 3 is 2.68 bits per heavy atom. The lowest BCUT2D eigenvalue weighted by atomic mass is 10.1. The maximum absolute atomic E-state index is 11.4. The highest BCUT2D eigenvalue weighted by Gasteiger charge is 2.21. The van der Waals surface area contributed by atoms with Crippen molar-refractivity contribution in [3.05, 3.63) is 23.8 Å². The number of carbonyl (C=O) groups is 1. The molecule has 1 aliphatic heterocycles. The predicted molar refractivity (Wildman–Crippen MR) is 79.7 cm³/mol.